The summed E-state index contributed by atoms with van der Waals surface area (Å²) in [4.78, 5) is 4.37. The number of rotatable bonds is 3. The molecule has 0 amide bonds. The second kappa shape index (κ2) is 3.88. The second-order valence-electron chi connectivity index (χ2n) is 3.82. The molecule has 2 aromatic heterocycles. The maximum absolute atomic E-state index is 5.57. The fourth-order valence-corrected chi connectivity index (χ4v) is 1.33. The van der Waals surface area contributed by atoms with Gasteiger partial charge in [0.1, 0.15) is 11.6 Å². The summed E-state index contributed by atoms with van der Waals surface area (Å²) >= 11 is 0. The van der Waals surface area contributed by atoms with Crippen LogP contribution in [0.3, 0.4) is 0 Å². The van der Waals surface area contributed by atoms with E-state index in [1.807, 2.05) is 12.1 Å². The molecule has 0 spiro atoms. The van der Waals surface area contributed by atoms with Crippen molar-refractivity contribution in [3.05, 3.63) is 23.7 Å². The third-order valence-corrected chi connectivity index (χ3v) is 2.28. The number of aromatic nitrogens is 3. The second-order valence-corrected chi connectivity index (χ2v) is 3.82. The quantitative estimate of drug-likeness (QED) is 0.838. The van der Waals surface area contributed by atoms with Crippen molar-refractivity contribution in [3.63, 3.8) is 0 Å². The summed E-state index contributed by atoms with van der Waals surface area (Å²) < 4.78 is 5.57. The number of nitrogens with one attached hydrogen (secondary N) is 1. The molecule has 15 heavy (non-hydrogen) atoms. The van der Waals surface area contributed by atoms with Crippen molar-refractivity contribution >= 4 is 0 Å². The average Bonchev–Trinajstić information content (AvgIpc) is 2.86. The third kappa shape index (κ3) is 1.93. The van der Waals surface area contributed by atoms with Gasteiger partial charge in [0.05, 0.1) is 0 Å². The summed E-state index contributed by atoms with van der Waals surface area (Å²) in [7, 11) is 0. The number of hydrogen-bond acceptors (Lipinski definition) is 3. The Hall–Kier alpha value is -1.58. The number of aryl methyl sites for hydroxylation is 1. The first kappa shape index (κ1) is 9.96. The lowest BCUT2D eigenvalue weighted by molar-refractivity contribution is 0.526. The van der Waals surface area contributed by atoms with E-state index in [2.05, 4.69) is 36.0 Å². The summed E-state index contributed by atoms with van der Waals surface area (Å²) in [6, 6.07) is 3.87. The zero-order valence-corrected chi connectivity index (χ0v) is 9.24. The van der Waals surface area contributed by atoms with Gasteiger partial charge >= 0.3 is 0 Å². The molecular formula is C11H15N3O. The molecule has 0 radical (unpaired) electrons. The molecule has 0 aromatic carbocycles. The van der Waals surface area contributed by atoms with Crippen LogP contribution >= 0.6 is 0 Å². The van der Waals surface area contributed by atoms with E-state index in [1.54, 1.807) is 0 Å². The largest absolute Gasteiger partial charge is 0.458 e. The van der Waals surface area contributed by atoms with Gasteiger partial charge in [-0.1, -0.05) is 20.8 Å². The van der Waals surface area contributed by atoms with Gasteiger partial charge in [-0.25, -0.2) is 4.98 Å². The Morgan fingerprint density at radius 1 is 1.40 bits per heavy atom. The number of H-pyrrole nitrogens is 1. The summed E-state index contributed by atoms with van der Waals surface area (Å²) in [6.45, 7) is 6.20. The van der Waals surface area contributed by atoms with Crippen LogP contribution in [0.2, 0.25) is 0 Å². The molecule has 0 aliphatic rings. The van der Waals surface area contributed by atoms with Crippen molar-refractivity contribution in [3.8, 4) is 11.6 Å². The molecule has 0 saturated carbocycles. The molecular weight excluding hydrogens is 190 g/mol. The van der Waals surface area contributed by atoms with E-state index in [9.17, 15) is 0 Å². The van der Waals surface area contributed by atoms with Gasteiger partial charge in [0.25, 0.3) is 0 Å². The fourth-order valence-electron chi connectivity index (χ4n) is 1.33. The predicted octanol–water partition coefficient (Wildman–Crippen LogP) is 2.75. The highest BCUT2D eigenvalue weighted by Gasteiger charge is 2.11. The summed E-state index contributed by atoms with van der Waals surface area (Å²) in [5, 5.41) is 7.04. The molecule has 4 heteroatoms. The lowest BCUT2D eigenvalue weighted by atomic mass is 10.2. The number of hydrogen-bond donors (Lipinski definition) is 1. The maximum Gasteiger partial charge on any atom is 0.216 e. The van der Waals surface area contributed by atoms with Crippen LogP contribution in [0.15, 0.2) is 16.5 Å². The van der Waals surface area contributed by atoms with Crippen LogP contribution in [0.5, 0.6) is 0 Å². The van der Waals surface area contributed by atoms with Crippen molar-refractivity contribution in [1.29, 1.82) is 0 Å². The molecule has 0 saturated heterocycles. The fraction of sp³-hybridized carbons (Fsp3) is 0.455. The van der Waals surface area contributed by atoms with Crippen LogP contribution in [0.1, 0.15) is 38.3 Å². The molecule has 2 heterocycles. The van der Waals surface area contributed by atoms with Crippen LogP contribution in [0.25, 0.3) is 11.6 Å². The third-order valence-electron chi connectivity index (χ3n) is 2.28. The van der Waals surface area contributed by atoms with Gasteiger partial charge in [0, 0.05) is 12.3 Å². The Morgan fingerprint density at radius 2 is 2.20 bits per heavy atom. The number of furan rings is 1. The van der Waals surface area contributed by atoms with E-state index in [0.717, 1.165) is 23.8 Å². The number of aromatic amines is 1. The molecule has 0 fully saturated rings. The van der Waals surface area contributed by atoms with E-state index in [-0.39, 0.29) is 0 Å². The summed E-state index contributed by atoms with van der Waals surface area (Å²) in [5.41, 5.74) is 0. The standard InChI is InChI=1S/C11H15N3O/c1-4-8-5-6-9(15-8)11-12-10(7(2)3)13-14-11/h5-7H,4H2,1-3H3,(H,12,13,14). The molecule has 0 aliphatic heterocycles. The molecule has 0 bridgehead atoms. The Kier molecular flexibility index (Phi) is 2.58. The predicted molar refractivity (Wildman–Crippen MR) is 57.6 cm³/mol. The zero-order chi connectivity index (χ0) is 10.8. The highest BCUT2D eigenvalue weighted by molar-refractivity contribution is 5.46. The molecule has 0 aliphatic carbocycles. The van der Waals surface area contributed by atoms with Gasteiger partial charge in [0.2, 0.25) is 5.82 Å². The highest BCUT2D eigenvalue weighted by Crippen LogP contribution is 2.20. The Labute approximate surface area is 88.7 Å². The highest BCUT2D eigenvalue weighted by atomic mass is 16.3. The molecule has 2 rings (SSSR count). The van der Waals surface area contributed by atoms with Crippen LogP contribution in [-0.4, -0.2) is 15.2 Å². The van der Waals surface area contributed by atoms with E-state index in [1.165, 1.54) is 0 Å². The van der Waals surface area contributed by atoms with Crippen LogP contribution < -0.4 is 0 Å². The first-order valence-corrected chi connectivity index (χ1v) is 5.22. The zero-order valence-electron chi connectivity index (χ0n) is 9.24. The first-order valence-electron chi connectivity index (χ1n) is 5.22. The topological polar surface area (TPSA) is 54.7 Å². The van der Waals surface area contributed by atoms with Crippen molar-refractivity contribution < 1.29 is 4.42 Å². The lowest BCUT2D eigenvalue weighted by Gasteiger charge is -1.94. The van der Waals surface area contributed by atoms with Gasteiger partial charge in [-0.15, -0.1) is 0 Å². The van der Waals surface area contributed by atoms with Crippen LogP contribution in [0.4, 0.5) is 0 Å². The molecule has 1 N–H and O–H groups in total. The van der Waals surface area contributed by atoms with Crippen molar-refractivity contribution in [2.45, 2.75) is 33.1 Å². The lowest BCUT2D eigenvalue weighted by Crippen LogP contribution is -1.89. The molecule has 2 aromatic rings. The van der Waals surface area contributed by atoms with Gasteiger partial charge in [-0.05, 0) is 12.1 Å². The van der Waals surface area contributed by atoms with E-state index < -0.39 is 0 Å². The van der Waals surface area contributed by atoms with E-state index >= 15 is 0 Å². The maximum atomic E-state index is 5.57. The summed E-state index contributed by atoms with van der Waals surface area (Å²) in [6.07, 6.45) is 0.890. The SMILES string of the molecule is CCc1ccc(-c2n[nH]c(C(C)C)n2)o1. The Balaban J connectivity index is 2.28. The van der Waals surface area contributed by atoms with Crippen molar-refractivity contribution in [1.82, 2.24) is 15.2 Å². The van der Waals surface area contributed by atoms with Crippen molar-refractivity contribution in [2.75, 3.05) is 0 Å². The van der Waals surface area contributed by atoms with Gasteiger partial charge in [-0.2, -0.15) is 5.10 Å². The Morgan fingerprint density at radius 3 is 2.73 bits per heavy atom. The molecule has 0 atom stereocenters. The van der Waals surface area contributed by atoms with E-state index in [4.69, 9.17) is 4.42 Å². The van der Waals surface area contributed by atoms with Crippen LogP contribution in [0, 0.1) is 0 Å². The number of nitrogens with zero attached hydrogens (tertiary/aromatic N) is 2. The minimum absolute atomic E-state index is 0.354. The molecule has 80 valence electrons. The minimum Gasteiger partial charge on any atom is -0.458 e. The molecule has 0 unspecified atom stereocenters. The normalized spacial score (nSPS) is 11.2. The molecule has 4 nitrogen and oxygen atoms in total. The van der Waals surface area contributed by atoms with Gasteiger partial charge in [0.15, 0.2) is 5.76 Å². The van der Waals surface area contributed by atoms with Gasteiger partial charge in [-0.3, -0.25) is 5.10 Å². The van der Waals surface area contributed by atoms with Crippen molar-refractivity contribution in [2.24, 2.45) is 0 Å². The monoisotopic (exact) mass is 205 g/mol. The average molecular weight is 205 g/mol. The van der Waals surface area contributed by atoms with Gasteiger partial charge < -0.3 is 4.42 Å². The summed E-state index contributed by atoms with van der Waals surface area (Å²) in [5.74, 6) is 3.57. The first-order chi connectivity index (χ1) is 7.20. The Bertz CT molecular complexity index is 442. The minimum atomic E-state index is 0.354. The smallest absolute Gasteiger partial charge is 0.216 e. The van der Waals surface area contributed by atoms with E-state index in [0.29, 0.717) is 11.7 Å². The van der Waals surface area contributed by atoms with Crippen LogP contribution in [-0.2, 0) is 6.42 Å².